The van der Waals surface area contributed by atoms with Gasteiger partial charge >= 0.3 is 5.97 Å². The van der Waals surface area contributed by atoms with Gasteiger partial charge in [-0.25, -0.2) is 4.79 Å². The van der Waals surface area contributed by atoms with Gasteiger partial charge in [-0.2, -0.15) is 0 Å². The molecule has 0 saturated carbocycles. The Balaban J connectivity index is 2.27. The number of rotatable bonds is 1. The molecular formula is C10H16O4. The molecule has 1 spiro atoms. The van der Waals surface area contributed by atoms with Crippen molar-refractivity contribution in [1.82, 2.24) is 0 Å². The Kier molecular flexibility index (Phi) is 1.77. The summed E-state index contributed by atoms with van der Waals surface area (Å²) in [7, 11) is 1.38. The number of epoxide rings is 1. The number of hydrogen-bond acceptors (Lipinski definition) is 4. The normalized spacial score (nSPS) is 44.0. The molecule has 0 amide bonds. The molecule has 2 unspecified atom stereocenters. The fraction of sp³-hybridized carbons (Fsp3) is 0.900. The van der Waals surface area contributed by atoms with Crippen molar-refractivity contribution in [3.05, 3.63) is 0 Å². The first-order valence-corrected chi connectivity index (χ1v) is 4.82. The van der Waals surface area contributed by atoms with Gasteiger partial charge in [0.15, 0.2) is 5.60 Å². The van der Waals surface area contributed by atoms with E-state index in [0.717, 1.165) is 6.42 Å². The van der Waals surface area contributed by atoms with Crippen molar-refractivity contribution in [1.29, 1.82) is 0 Å². The molecule has 2 rings (SSSR count). The van der Waals surface area contributed by atoms with Crippen LogP contribution < -0.4 is 0 Å². The van der Waals surface area contributed by atoms with Crippen LogP contribution in [0.1, 0.15) is 27.2 Å². The van der Waals surface area contributed by atoms with Crippen molar-refractivity contribution in [2.24, 2.45) is 0 Å². The van der Waals surface area contributed by atoms with Gasteiger partial charge in [0.1, 0.15) is 5.60 Å². The van der Waals surface area contributed by atoms with E-state index >= 15 is 0 Å². The zero-order valence-electron chi connectivity index (χ0n) is 9.05. The van der Waals surface area contributed by atoms with Crippen LogP contribution in [0.25, 0.3) is 0 Å². The first-order valence-electron chi connectivity index (χ1n) is 4.82. The van der Waals surface area contributed by atoms with Crippen LogP contribution >= 0.6 is 0 Å². The summed E-state index contributed by atoms with van der Waals surface area (Å²) >= 11 is 0. The molecule has 0 N–H and O–H groups in total. The van der Waals surface area contributed by atoms with Gasteiger partial charge in [-0.1, -0.05) is 0 Å². The van der Waals surface area contributed by atoms with E-state index in [2.05, 4.69) is 0 Å². The molecule has 2 aliphatic rings. The molecule has 2 aliphatic heterocycles. The molecule has 0 aromatic carbocycles. The van der Waals surface area contributed by atoms with Crippen LogP contribution in [0.2, 0.25) is 0 Å². The molecule has 2 atom stereocenters. The summed E-state index contributed by atoms with van der Waals surface area (Å²) in [6.45, 7) is 6.32. The van der Waals surface area contributed by atoms with E-state index in [1.54, 1.807) is 6.92 Å². The topological polar surface area (TPSA) is 48.1 Å². The smallest absolute Gasteiger partial charge is 0.341 e. The molecule has 0 radical (unpaired) electrons. The molecule has 2 saturated heterocycles. The van der Waals surface area contributed by atoms with E-state index in [1.807, 2.05) is 13.8 Å². The maximum absolute atomic E-state index is 11.5. The summed E-state index contributed by atoms with van der Waals surface area (Å²) in [5.41, 5.74) is -1.70. The Labute approximate surface area is 83.5 Å². The largest absolute Gasteiger partial charge is 0.467 e. The molecule has 0 aliphatic carbocycles. The third kappa shape index (κ3) is 0.880. The lowest BCUT2D eigenvalue weighted by Crippen LogP contribution is -2.44. The lowest BCUT2D eigenvalue weighted by atomic mass is 9.81. The second kappa shape index (κ2) is 2.49. The van der Waals surface area contributed by atoms with E-state index in [4.69, 9.17) is 14.2 Å². The molecule has 4 heteroatoms. The average Bonchev–Trinajstić information content (AvgIpc) is 2.62. The Morgan fingerprint density at radius 3 is 2.43 bits per heavy atom. The van der Waals surface area contributed by atoms with Gasteiger partial charge in [-0.3, -0.25) is 0 Å². The third-order valence-corrected chi connectivity index (χ3v) is 3.57. The lowest BCUT2D eigenvalue weighted by molar-refractivity contribution is -0.146. The van der Waals surface area contributed by atoms with Crippen LogP contribution in [0, 0.1) is 0 Å². The van der Waals surface area contributed by atoms with Crippen molar-refractivity contribution >= 4 is 5.97 Å². The van der Waals surface area contributed by atoms with E-state index < -0.39 is 16.8 Å². The SMILES string of the molecule is COC(=O)C1(C)OC12CCOC2(C)C. The minimum absolute atomic E-state index is 0.309. The Morgan fingerprint density at radius 2 is 2.00 bits per heavy atom. The number of carbonyl (C=O) groups excluding carboxylic acids is 1. The number of esters is 1. The average molecular weight is 200 g/mol. The van der Waals surface area contributed by atoms with E-state index in [0.29, 0.717) is 6.61 Å². The van der Waals surface area contributed by atoms with E-state index in [-0.39, 0.29) is 5.97 Å². The highest BCUT2D eigenvalue weighted by Crippen LogP contribution is 2.61. The van der Waals surface area contributed by atoms with E-state index in [1.165, 1.54) is 7.11 Å². The zero-order chi connectivity index (χ0) is 10.6. The highest BCUT2D eigenvalue weighted by molar-refractivity contribution is 5.85. The van der Waals surface area contributed by atoms with Crippen molar-refractivity contribution < 1.29 is 19.0 Å². The van der Waals surface area contributed by atoms with Crippen LogP contribution in [-0.2, 0) is 19.0 Å². The number of hydrogen-bond donors (Lipinski definition) is 0. The summed E-state index contributed by atoms with van der Waals surface area (Å²) in [5, 5.41) is 0. The van der Waals surface area contributed by atoms with Gasteiger partial charge in [0, 0.05) is 6.42 Å². The van der Waals surface area contributed by atoms with Crippen molar-refractivity contribution in [3.63, 3.8) is 0 Å². The first kappa shape index (κ1) is 9.93. The maximum Gasteiger partial charge on any atom is 0.341 e. The Hall–Kier alpha value is -0.610. The highest BCUT2D eigenvalue weighted by atomic mass is 16.7. The second-order valence-corrected chi connectivity index (χ2v) is 4.56. The molecule has 2 fully saturated rings. The zero-order valence-corrected chi connectivity index (χ0v) is 9.05. The lowest BCUT2D eigenvalue weighted by Gasteiger charge is -2.24. The predicted octanol–water partition coefficient (Wildman–Crippen LogP) is 0.886. The van der Waals surface area contributed by atoms with Gasteiger partial charge < -0.3 is 14.2 Å². The predicted molar refractivity (Wildman–Crippen MR) is 48.9 cm³/mol. The molecule has 80 valence electrons. The Morgan fingerprint density at radius 1 is 1.36 bits per heavy atom. The van der Waals surface area contributed by atoms with Crippen LogP contribution in [0.5, 0.6) is 0 Å². The van der Waals surface area contributed by atoms with Gasteiger partial charge in [-0.15, -0.1) is 0 Å². The highest BCUT2D eigenvalue weighted by Gasteiger charge is 2.80. The second-order valence-electron chi connectivity index (χ2n) is 4.56. The summed E-state index contributed by atoms with van der Waals surface area (Å²) in [6.07, 6.45) is 0.756. The van der Waals surface area contributed by atoms with E-state index in [9.17, 15) is 4.79 Å². The molecule has 4 nitrogen and oxygen atoms in total. The van der Waals surface area contributed by atoms with Crippen LogP contribution in [0.3, 0.4) is 0 Å². The van der Waals surface area contributed by atoms with Gasteiger partial charge in [0.25, 0.3) is 0 Å². The fourth-order valence-electron chi connectivity index (χ4n) is 2.58. The summed E-state index contributed by atoms with van der Waals surface area (Å²) in [5.74, 6) is -0.309. The van der Waals surface area contributed by atoms with Crippen LogP contribution in [-0.4, -0.2) is 36.5 Å². The summed E-state index contributed by atoms with van der Waals surface area (Å²) in [4.78, 5) is 11.5. The van der Waals surface area contributed by atoms with Crippen molar-refractivity contribution in [2.45, 2.75) is 44.0 Å². The fourth-order valence-corrected chi connectivity index (χ4v) is 2.58. The van der Waals surface area contributed by atoms with Gasteiger partial charge in [-0.05, 0) is 20.8 Å². The minimum Gasteiger partial charge on any atom is -0.467 e. The van der Waals surface area contributed by atoms with Gasteiger partial charge in [0.2, 0.25) is 0 Å². The molecular weight excluding hydrogens is 184 g/mol. The quantitative estimate of drug-likeness (QED) is 0.466. The van der Waals surface area contributed by atoms with Crippen molar-refractivity contribution in [3.8, 4) is 0 Å². The number of ether oxygens (including phenoxy) is 3. The molecule has 0 aromatic rings. The molecule has 2 heterocycles. The van der Waals surface area contributed by atoms with Gasteiger partial charge in [0.05, 0.1) is 19.3 Å². The number of methoxy groups -OCH3 is 1. The minimum atomic E-state index is -0.818. The molecule has 0 aromatic heterocycles. The summed E-state index contributed by atoms with van der Waals surface area (Å²) in [6, 6.07) is 0. The maximum atomic E-state index is 11.5. The standard InChI is InChI=1S/C10H16O4/c1-8(2)10(5-6-13-8)9(3,14-10)7(11)12-4/h5-6H2,1-4H3. The summed E-state index contributed by atoms with van der Waals surface area (Å²) < 4.78 is 15.9. The number of carbonyl (C=O) groups is 1. The monoisotopic (exact) mass is 200 g/mol. The third-order valence-electron chi connectivity index (χ3n) is 3.57. The molecule has 0 bridgehead atoms. The van der Waals surface area contributed by atoms with Crippen molar-refractivity contribution in [2.75, 3.05) is 13.7 Å². The van der Waals surface area contributed by atoms with Crippen LogP contribution in [0.4, 0.5) is 0 Å². The molecule has 14 heavy (non-hydrogen) atoms. The first-order chi connectivity index (χ1) is 6.40. The van der Waals surface area contributed by atoms with Crippen LogP contribution in [0.15, 0.2) is 0 Å². The Bertz CT molecular complexity index is 286.